The highest BCUT2D eigenvalue weighted by Crippen LogP contribution is 2.20. The van der Waals surface area contributed by atoms with Gasteiger partial charge in [-0.25, -0.2) is 0 Å². The fraction of sp³-hybridized carbons (Fsp3) is 0.600. The minimum absolute atomic E-state index is 0.385. The van der Waals surface area contributed by atoms with E-state index >= 15 is 0 Å². The lowest BCUT2D eigenvalue weighted by Crippen LogP contribution is -1.86. The first-order valence-corrected chi connectivity index (χ1v) is 3.80. The Labute approximate surface area is 63.2 Å². The van der Waals surface area contributed by atoms with Crippen LogP contribution < -0.4 is 0 Å². The van der Waals surface area contributed by atoms with E-state index in [0.717, 1.165) is 17.4 Å². The summed E-state index contributed by atoms with van der Waals surface area (Å²) in [5, 5.41) is 0.551. The first-order valence-electron chi connectivity index (χ1n) is 2.69. The second-order valence-corrected chi connectivity index (χ2v) is 2.98. The molecule has 0 aliphatic rings. The molecule has 0 aromatic carbocycles. The van der Waals surface area contributed by atoms with E-state index in [-0.39, 0.29) is 0 Å². The van der Waals surface area contributed by atoms with Crippen molar-refractivity contribution in [2.75, 3.05) is 0 Å². The highest BCUT2D eigenvalue weighted by molar-refractivity contribution is 6.99. The number of halogens is 1. The van der Waals surface area contributed by atoms with E-state index in [2.05, 4.69) is 8.75 Å². The summed E-state index contributed by atoms with van der Waals surface area (Å²) in [6.07, 6.45) is 0. The van der Waals surface area contributed by atoms with Crippen molar-refractivity contribution in [1.82, 2.24) is 8.75 Å². The standard InChI is InChI=1S/C5H7ClN2S/c1-3(2)4-5(6)8-9-7-4/h3H,1-2H3. The van der Waals surface area contributed by atoms with Crippen molar-refractivity contribution in [2.24, 2.45) is 0 Å². The Hall–Kier alpha value is -0.150. The molecule has 0 spiro atoms. The number of rotatable bonds is 1. The molecule has 9 heavy (non-hydrogen) atoms. The largest absolute Gasteiger partial charge is 0.176 e. The summed E-state index contributed by atoms with van der Waals surface area (Å²) in [6, 6.07) is 0. The van der Waals surface area contributed by atoms with Crippen molar-refractivity contribution in [3.05, 3.63) is 10.8 Å². The van der Waals surface area contributed by atoms with E-state index in [9.17, 15) is 0 Å². The van der Waals surface area contributed by atoms with Gasteiger partial charge in [0.15, 0.2) is 5.15 Å². The predicted molar refractivity (Wildman–Crippen MR) is 39.0 cm³/mol. The van der Waals surface area contributed by atoms with Gasteiger partial charge in [0.2, 0.25) is 0 Å². The average Bonchev–Trinajstić information content (AvgIpc) is 2.13. The van der Waals surface area contributed by atoms with Crippen LogP contribution in [0.3, 0.4) is 0 Å². The van der Waals surface area contributed by atoms with Crippen molar-refractivity contribution in [1.29, 1.82) is 0 Å². The van der Waals surface area contributed by atoms with Gasteiger partial charge in [-0.3, -0.25) is 0 Å². The van der Waals surface area contributed by atoms with Gasteiger partial charge in [-0.15, -0.1) is 0 Å². The van der Waals surface area contributed by atoms with Gasteiger partial charge in [-0.1, -0.05) is 25.4 Å². The molecular formula is C5H7ClN2S. The molecule has 0 saturated carbocycles. The van der Waals surface area contributed by atoms with Gasteiger partial charge in [0.1, 0.15) is 0 Å². The topological polar surface area (TPSA) is 25.8 Å². The third-order valence-corrected chi connectivity index (χ3v) is 1.94. The Morgan fingerprint density at radius 3 is 2.33 bits per heavy atom. The summed E-state index contributed by atoms with van der Waals surface area (Å²) >= 11 is 6.83. The van der Waals surface area contributed by atoms with E-state index in [0.29, 0.717) is 11.1 Å². The zero-order chi connectivity index (χ0) is 6.85. The summed E-state index contributed by atoms with van der Waals surface area (Å²) in [5.74, 6) is 0.385. The van der Waals surface area contributed by atoms with Crippen molar-refractivity contribution >= 4 is 23.3 Å². The van der Waals surface area contributed by atoms with E-state index in [1.165, 1.54) is 0 Å². The molecule has 0 amide bonds. The van der Waals surface area contributed by atoms with Crippen molar-refractivity contribution in [3.8, 4) is 0 Å². The summed E-state index contributed by atoms with van der Waals surface area (Å²) in [7, 11) is 0. The van der Waals surface area contributed by atoms with Crippen LogP contribution in [-0.4, -0.2) is 8.75 Å². The van der Waals surface area contributed by atoms with Crippen LogP contribution in [0.15, 0.2) is 0 Å². The number of hydrogen-bond acceptors (Lipinski definition) is 3. The van der Waals surface area contributed by atoms with Crippen LogP contribution in [-0.2, 0) is 0 Å². The molecule has 50 valence electrons. The minimum Gasteiger partial charge on any atom is -0.176 e. The van der Waals surface area contributed by atoms with Gasteiger partial charge in [-0.2, -0.15) is 8.75 Å². The monoisotopic (exact) mass is 162 g/mol. The fourth-order valence-electron chi connectivity index (χ4n) is 0.528. The third-order valence-electron chi connectivity index (χ3n) is 1.02. The van der Waals surface area contributed by atoms with E-state index in [4.69, 9.17) is 11.6 Å². The summed E-state index contributed by atoms with van der Waals surface area (Å²) < 4.78 is 7.85. The summed E-state index contributed by atoms with van der Waals surface area (Å²) in [4.78, 5) is 0. The molecule has 1 aromatic heterocycles. The molecule has 1 heterocycles. The van der Waals surface area contributed by atoms with Gasteiger partial charge in [-0.05, 0) is 5.92 Å². The highest BCUT2D eigenvalue weighted by Gasteiger charge is 2.07. The molecule has 0 radical (unpaired) electrons. The smallest absolute Gasteiger partial charge is 0.166 e. The molecule has 1 aromatic rings. The van der Waals surface area contributed by atoms with Crippen LogP contribution in [0.2, 0.25) is 5.15 Å². The molecule has 0 saturated heterocycles. The Balaban J connectivity index is 2.94. The highest BCUT2D eigenvalue weighted by atomic mass is 35.5. The number of hydrogen-bond donors (Lipinski definition) is 0. The molecule has 1 rings (SSSR count). The van der Waals surface area contributed by atoms with Crippen LogP contribution in [0.25, 0.3) is 0 Å². The first kappa shape index (κ1) is 6.96. The molecule has 0 bridgehead atoms. The minimum atomic E-state index is 0.385. The molecule has 0 unspecified atom stereocenters. The summed E-state index contributed by atoms with van der Waals surface area (Å²) in [6.45, 7) is 4.09. The zero-order valence-corrected chi connectivity index (χ0v) is 6.83. The normalized spacial score (nSPS) is 10.7. The molecular weight excluding hydrogens is 156 g/mol. The Morgan fingerprint density at radius 2 is 2.11 bits per heavy atom. The van der Waals surface area contributed by atoms with E-state index in [1.54, 1.807) is 0 Å². The maximum atomic E-state index is 5.67. The SMILES string of the molecule is CC(C)c1nsnc1Cl. The predicted octanol–water partition coefficient (Wildman–Crippen LogP) is 2.31. The van der Waals surface area contributed by atoms with Gasteiger partial charge in [0.25, 0.3) is 0 Å². The van der Waals surface area contributed by atoms with Crippen LogP contribution in [0, 0.1) is 0 Å². The maximum absolute atomic E-state index is 5.67. The number of aromatic nitrogens is 2. The van der Waals surface area contributed by atoms with Gasteiger partial charge in [0.05, 0.1) is 17.4 Å². The Kier molecular flexibility index (Phi) is 2.03. The molecule has 4 heteroatoms. The van der Waals surface area contributed by atoms with Crippen molar-refractivity contribution in [2.45, 2.75) is 19.8 Å². The maximum Gasteiger partial charge on any atom is 0.166 e. The van der Waals surface area contributed by atoms with Crippen LogP contribution in [0.4, 0.5) is 0 Å². The lowest BCUT2D eigenvalue weighted by Gasteiger charge is -1.95. The van der Waals surface area contributed by atoms with Crippen molar-refractivity contribution < 1.29 is 0 Å². The van der Waals surface area contributed by atoms with E-state index < -0.39 is 0 Å². The molecule has 2 nitrogen and oxygen atoms in total. The molecule has 0 aliphatic carbocycles. The van der Waals surface area contributed by atoms with Crippen LogP contribution >= 0.6 is 23.3 Å². The van der Waals surface area contributed by atoms with Gasteiger partial charge in [0, 0.05) is 0 Å². The number of nitrogens with zero attached hydrogens (tertiary/aromatic N) is 2. The Morgan fingerprint density at radius 1 is 1.44 bits per heavy atom. The zero-order valence-electron chi connectivity index (χ0n) is 5.26. The molecule has 0 atom stereocenters. The van der Waals surface area contributed by atoms with E-state index in [1.807, 2.05) is 13.8 Å². The third kappa shape index (κ3) is 1.40. The van der Waals surface area contributed by atoms with Crippen LogP contribution in [0.5, 0.6) is 0 Å². The molecule has 0 aliphatic heterocycles. The van der Waals surface area contributed by atoms with Crippen molar-refractivity contribution in [3.63, 3.8) is 0 Å². The second-order valence-electron chi connectivity index (χ2n) is 2.09. The first-order chi connectivity index (χ1) is 4.22. The molecule has 0 N–H and O–H groups in total. The lowest BCUT2D eigenvalue weighted by molar-refractivity contribution is 0.838. The van der Waals surface area contributed by atoms with Gasteiger partial charge >= 0.3 is 0 Å². The summed E-state index contributed by atoms with van der Waals surface area (Å²) in [5.41, 5.74) is 0.904. The quantitative estimate of drug-likeness (QED) is 0.634. The molecule has 0 fully saturated rings. The van der Waals surface area contributed by atoms with Gasteiger partial charge < -0.3 is 0 Å². The fourth-order valence-corrected chi connectivity index (χ4v) is 1.52. The average molecular weight is 163 g/mol. The Bertz CT molecular complexity index is 197. The second kappa shape index (κ2) is 2.62. The lowest BCUT2D eigenvalue weighted by atomic mass is 10.2. The van der Waals surface area contributed by atoms with Crippen LogP contribution in [0.1, 0.15) is 25.5 Å².